The number of anilines is 1. The van der Waals surface area contributed by atoms with Crippen molar-refractivity contribution in [2.24, 2.45) is 0 Å². The van der Waals surface area contributed by atoms with Gasteiger partial charge in [0.25, 0.3) is 0 Å². The van der Waals surface area contributed by atoms with Gasteiger partial charge in [-0.1, -0.05) is 12.1 Å². The van der Waals surface area contributed by atoms with Crippen molar-refractivity contribution in [2.45, 2.75) is 30.9 Å². The molecule has 1 saturated heterocycles. The zero-order valence-electron chi connectivity index (χ0n) is 12.0. The zero-order valence-corrected chi connectivity index (χ0v) is 12.8. The lowest BCUT2D eigenvalue weighted by molar-refractivity contribution is -0.116. The van der Waals surface area contributed by atoms with E-state index in [2.05, 4.69) is 11.4 Å². The van der Waals surface area contributed by atoms with Crippen LogP contribution < -0.4 is 5.32 Å². The van der Waals surface area contributed by atoms with Gasteiger partial charge in [-0.3, -0.25) is 4.79 Å². The molecule has 1 aliphatic heterocycles. The molecule has 112 valence electrons. The maximum atomic E-state index is 11.9. The van der Waals surface area contributed by atoms with Crippen LogP contribution in [0.3, 0.4) is 0 Å². The van der Waals surface area contributed by atoms with E-state index in [-0.39, 0.29) is 5.91 Å². The van der Waals surface area contributed by atoms with Crippen LogP contribution in [-0.2, 0) is 9.53 Å². The highest BCUT2D eigenvalue weighted by atomic mass is 32.2. The number of ether oxygens (including phenoxy) is 1. The van der Waals surface area contributed by atoms with Crippen LogP contribution in [-0.4, -0.2) is 30.1 Å². The third-order valence-corrected chi connectivity index (χ3v) is 4.86. The lowest BCUT2D eigenvalue weighted by Crippen LogP contribution is -2.18. The predicted molar refractivity (Wildman–Crippen MR) is 85.3 cm³/mol. The van der Waals surface area contributed by atoms with E-state index in [9.17, 15) is 4.79 Å². The van der Waals surface area contributed by atoms with Gasteiger partial charge in [0.1, 0.15) is 6.07 Å². The van der Waals surface area contributed by atoms with Crippen molar-refractivity contribution in [3.8, 4) is 6.07 Å². The summed E-state index contributed by atoms with van der Waals surface area (Å²) in [4.78, 5) is 11.9. The van der Waals surface area contributed by atoms with Gasteiger partial charge in [-0.2, -0.15) is 17.0 Å². The number of nitrogens with zero attached hydrogens (tertiary/aromatic N) is 1. The Hall–Kier alpha value is -1.51. The molecule has 1 fully saturated rings. The average Bonchev–Trinajstić information content (AvgIpc) is 2.53. The summed E-state index contributed by atoms with van der Waals surface area (Å²) in [7, 11) is 0. The summed E-state index contributed by atoms with van der Waals surface area (Å²) in [6.07, 6.45) is 3.59. The molecular formula is C16H20N2O2S. The van der Waals surface area contributed by atoms with E-state index in [1.54, 1.807) is 18.2 Å². The van der Waals surface area contributed by atoms with Gasteiger partial charge in [0.2, 0.25) is 5.91 Å². The number of rotatable bonds is 6. The summed E-state index contributed by atoms with van der Waals surface area (Å²) in [6.45, 7) is 1.73. The molecule has 0 radical (unpaired) electrons. The third-order valence-electron chi connectivity index (χ3n) is 3.39. The Morgan fingerprint density at radius 1 is 1.38 bits per heavy atom. The number of carbonyl (C=O) groups excluding carboxylic acids is 1. The summed E-state index contributed by atoms with van der Waals surface area (Å²) in [5, 5.41) is 12.5. The lowest BCUT2D eigenvalue weighted by Gasteiger charge is -2.21. The minimum absolute atomic E-state index is 0.0229. The molecule has 2 rings (SSSR count). The van der Waals surface area contributed by atoms with E-state index in [1.165, 1.54) is 0 Å². The van der Waals surface area contributed by atoms with Crippen LogP contribution in [0.4, 0.5) is 5.69 Å². The van der Waals surface area contributed by atoms with E-state index in [0.29, 0.717) is 22.9 Å². The normalized spacial score (nSPS) is 15.4. The molecule has 1 aromatic rings. The highest BCUT2D eigenvalue weighted by Crippen LogP contribution is 2.23. The number of nitriles is 1. The van der Waals surface area contributed by atoms with Crippen molar-refractivity contribution in [3.05, 3.63) is 29.8 Å². The molecule has 0 aliphatic carbocycles. The lowest BCUT2D eigenvalue weighted by atomic mass is 10.2. The fraction of sp³-hybridized carbons (Fsp3) is 0.500. The summed E-state index contributed by atoms with van der Waals surface area (Å²) in [5.74, 6) is 0.975. The van der Waals surface area contributed by atoms with Gasteiger partial charge in [0.05, 0.1) is 11.3 Å². The number of nitrogens with one attached hydrogen (secondary N) is 1. The molecule has 0 atom stereocenters. The maximum Gasteiger partial charge on any atom is 0.224 e. The van der Waals surface area contributed by atoms with E-state index in [4.69, 9.17) is 10.00 Å². The molecule has 0 saturated carbocycles. The molecule has 0 spiro atoms. The zero-order chi connectivity index (χ0) is 14.9. The second-order valence-corrected chi connectivity index (χ2v) is 6.40. The summed E-state index contributed by atoms with van der Waals surface area (Å²) in [5.41, 5.74) is 1.10. The largest absolute Gasteiger partial charge is 0.381 e. The molecule has 1 amide bonds. The monoisotopic (exact) mass is 304 g/mol. The minimum Gasteiger partial charge on any atom is -0.381 e. The Bertz CT molecular complexity index is 507. The molecule has 0 aromatic heterocycles. The number of thioether (sulfide) groups is 1. The summed E-state index contributed by atoms with van der Waals surface area (Å²) < 4.78 is 5.33. The molecule has 4 nitrogen and oxygen atoms in total. The molecule has 21 heavy (non-hydrogen) atoms. The number of amides is 1. The first-order valence-electron chi connectivity index (χ1n) is 7.28. The highest BCUT2D eigenvalue weighted by Gasteiger charge is 2.14. The van der Waals surface area contributed by atoms with Crippen molar-refractivity contribution >= 4 is 23.4 Å². The molecule has 1 N–H and O–H groups in total. The first-order chi connectivity index (χ1) is 10.3. The minimum atomic E-state index is -0.0229. The Labute approximate surface area is 129 Å². The molecule has 1 heterocycles. The summed E-state index contributed by atoms with van der Waals surface area (Å²) >= 11 is 1.94. The number of para-hydroxylation sites is 1. The Morgan fingerprint density at radius 3 is 2.90 bits per heavy atom. The van der Waals surface area contributed by atoms with Crippen molar-refractivity contribution in [1.82, 2.24) is 0 Å². The quantitative estimate of drug-likeness (QED) is 0.820. The molecular weight excluding hydrogens is 284 g/mol. The molecule has 5 heteroatoms. The Kier molecular flexibility index (Phi) is 6.58. The number of benzene rings is 1. The predicted octanol–water partition coefficient (Wildman–Crippen LogP) is 3.19. The van der Waals surface area contributed by atoms with E-state index in [1.807, 2.05) is 17.8 Å². The van der Waals surface area contributed by atoms with E-state index >= 15 is 0 Å². The third kappa shape index (κ3) is 5.41. The fourth-order valence-corrected chi connectivity index (χ4v) is 3.40. The smallest absolute Gasteiger partial charge is 0.224 e. The van der Waals surface area contributed by atoms with E-state index in [0.717, 1.165) is 38.2 Å². The standard InChI is InChI=1S/C16H20N2O2S/c17-12-13-4-1-2-5-15(13)18-16(19)6-3-11-21-14-7-9-20-10-8-14/h1-2,4-5,14H,3,6-11H2,(H,18,19). The second kappa shape index (κ2) is 8.71. The van der Waals surface area contributed by atoms with Crippen LogP contribution in [0.25, 0.3) is 0 Å². The molecule has 1 aliphatic rings. The van der Waals surface area contributed by atoms with Crippen molar-refractivity contribution in [1.29, 1.82) is 5.26 Å². The van der Waals surface area contributed by atoms with Gasteiger partial charge in [0, 0.05) is 24.9 Å². The van der Waals surface area contributed by atoms with Crippen LogP contribution in [0, 0.1) is 11.3 Å². The number of hydrogen-bond donors (Lipinski definition) is 1. The first kappa shape index (κ1) is 15.9. The van der Waals surface area contributed by atoms with Crippen molar-refractivity contribution in [3.63, 3.8) is 0 Å². The van der Waals surface area contributed by atoms with Crippen LogP contribution in [0.2, 0.25) is 0 Å². The van der Waals surface area contributed by atoms with Crippen LogP contribution in [0.15, 0.2) is 24.3 Å². The van der Waals surface area contributed by atoms with Crippen LogP contribution in [0.5, 0.6) is 0 Å². The first-order valence-corrected chi connectivity index (χ1v) is 8.33. The number of carbonyl (C=O) groups is 1. The van der Waals surface area contributed by atoms with Gasteiger partial charge in [0.15, 0.2) is 0 Å². The van der Waals surface area contributed by atoms with Gasteiger partial charge in [-0.15, -0.1) is 0 Å². The Morgan fingerprint density at radius 2 is 2.14 bits per heavy atom. The SMILES string of the molecule is N#Cc1ccccc1NC(=O)CCCSC1CCOCC1. The van der Waals surface area contributed by atoms with Gasteiger partial charge in [-0.25, -0.2) is 0 Å². The molecule has 0 bridgehead atoms. The second-order valence-electron chi connectivity index (χ2n) is 4.99. The van der Waals surface area contributed by atoms with E-state index < -0.39 is 0 Å². The van der Waals surface area contributed by atoms with Gasteiger partial charge < -0.3 is 10.1 Å². The van der Waals surface area contributed by atoms with Crippen molar-refractivity contribution in [2.75, 3.05) is 24.3 Å². The average molecular weight is 304 g/mol. The highest BCUT2D eigenvalue weighted by molar-refractivity contribution is 7.99. The van der Waals surface area contributed by atoms with Gasteiger partial charge in [-0.05, 0) is 37.1 Å². The van der Waals surface area contributed by atoms with Gasteiger partial charge >= 0.3 is 0 Å². The Balaban J connectivity index is 1.66. The molecule has 0 unspecified atom stereocenters. The molecule has 1 aromatic carbocycles. The van der Waals surface area contributed by atoms with Crippen LogP contribution in [0.1, 0.15) is 31.2 Å². The fourth-order valence-electron chi connectivity index (χ4n) is 2.23. The summed E-state index contributed by atoms with van der Waals surface area (Å²) in [6, 6.07) is 9.15. The van der Waals surface area contributed by atoms with Crippen LogP contribution >= 0.6 is 11.8 Å². The maximum absolute atomic E-state index is 11.9. The topological polar surface area (TPSA) is 62.1 Å². The number of hydrogen-bond acceptors (Lipinski definition) is 4. The van der Waals surface area contributed by atoms with Crippen molar-refractivity contribution < 1.29 is 9.53 Å².